The molecule has 3 rings (SSSR count). The van der Waals surface area contributed by atoms with Crippen LogP contribution in [-0.4, -0.2) is 74.0 Å². The third kappa shape index (κ3) is 4.27. The standard InChI is InChI=1S/C17H22N4O4/c1-19-8-10-20(11-9-19)16(23)12-25-14-4-2-13(3-5-14)21-7-6-15(22)18-17(21)24/h2-5H,6-12H2,1H3,(H,18,22,24). The van der Waals surface area contributed by atoms with E-state index in [1.807, 2.05) is 11.9 Å². The normalized spacial score (nSPS) is 18.9. The van der Waals surface area contributed by atoms with Crippen molar-refractivity contribution >= 4 is 23.5 Å². The maximum Gasteiger partial charge on any atom is 0.328 e. The van der Waals surface area contributed by atoms with Crippen molar-refractivity contribution in [3.8, 4) is 5.75 Å². The number of benzene rings is 1. The van der Waals surface area contributed by atoms with Crippen LogP contribution in [0.2, 0.25) is 0 Å². The molecule has 8 nitrogen and oxygen atoms in total. The number of rotatable bonds is 4. The van der Waals surface area contributed by atoms with Gasteiger partial charge in [-0.3, -0.25) is 19.8 Å². The van der Waals surface area contributed by atoms with Crippen LogP contribution < -0.4 is 15.0 Å². The fourth-order valence-corrected chi connectivity index (χ4v) is 2.83. The summed E-state index contributed by atoms with van der Waals surface area (Å²) in [5, 5.41) is 2.29. The van der Waals surface area contributed by atoms with Gasteiger partial charge in [0.25, 0.3) is 5.91 Å². The van der Waals surface area contributed by atoms with E-state index < -0.39 is 6.03 Å². The van der Waals surface area contributed by atoms with Gasteiger partial charge in [0.2, 0.25) is 5.91 Å². The molecule has 2 saturated heterocycles. The monoisotopic (exact) mass is 346 g/mol. The smallest absolute Gasteiger partial charge is 0.328 e. The summed E-state index contributed by atoms with van der Waals surface area (Å²) >= 11 is 0. The number of anilines is 1. The predicted octanol–water partition coefficient (Wildman–Crippen LogP) is 0.286. The Morgan fingerprint density at radius 2 is 1.76 bits per heavy atom. The summed E-state index contributed by atoms with van der Waals surface area (Å²) in [6.45, 7) is 3.55. The minimum absolute atomic E-state index is 0.00175. The number of carbonyl (C=O) groups excluding carboxylic acids is 3. The number of carbonyl (C=O) groups is 3. The molecular formula is C17H22N4O4. The Morgan fingerprint density at radius 1 is 1.08 bits per heavy atom. The van der Waals surface area contributed by atoms with E-state index in [2.05, 4.69) is 10.2 Å². The second kappa shape index (κ2) is 7.52. The zero-order chi connectivity index (χ0) is 17.8. The summed E-state index contributed by atoms with van der Waals surface area (Å²) in [4.78, 5) is 40.7. The first-order valence-electron chi connectivity index (χ1n) is 8.33. The lowest BCUT2D eigenvalue weighted by molar-refractivity contribution is -0.134. The molecule has 4 amide bonds. The lowest BCUT2D eigenvalue weighted by Gasteiger charge is -2.32. The Kier molecular flexibility index (Phi) is 5.18. The number of nitrogens with one attached hydrogen (secondary N) is 1. The van der Waals surface area contributed by atoms with Crippen LogP contribution >= 0.6 is 0 Å². The molecule has 0 bridgehead atoms. The molecular weight excluding hydrogens is 324 g/mol. The Hall–Kier alpha value is -2.61. The second-order valence-corrected chi connectivity index (χ2v) is 6.22. The Morgan fingerprint density at radius 3 is 2.40 bits per heavy atom. The van der Waals surface area contributed by atoms with Crippen molar-refractivity contribution in [1.82, 2.24) is 15.1 Å². The van der Waals surface area contributed by atoms with Gasteiger partial charge in [-0.15, -0.1) is 0 Å². The molecule has 0 atom stereocenters. The van der Waals surface area contributed by atoms with Crippen LogP contribution in [0.15, 0.2) is 24.3 Å². The van der Waals surface area contributed by atoms with E-state index in [1.54, 1.807) is 24.3 Å². The highest BCUT2D eigenvalue weighted by atomic mass is 16.5. The van der Waals surface area contributed by atoms with Crippen molar-refractivity contribution in [2.75, 3.05) is 51.3 Å². The van der Waals surface area contributed by atoms with Gasteiger partial charge in [-0.1, -0.05) is 0 Å². The van der Waals surface area contributed by atoms with Gasteiger partial charge < -0.3 is 14.5 Å². The molecule has 0 saturated carbocycles. The molecule has 8 heteroatoms. The molecule has 0 unspecified atom stereocenters. The SMILES string of the molecule is CN1CCN(C(=O)COc2ccc(N3CCC(=O)NC3=O)cc2)CC1. The summed E-state index contributed by atoms with van der Waals surface area (Å²) < 4.78 is 5.56. The number of ether oxygens (including phenoxy) is 1. The van der Waals surface area contributed by atoms with Gasteiger partial charge in [0, 0.05) is 44.8 Å². The molecule has 2 heterocycles. The van der Waals surface area contributed by atoms with E-state index in [9.17, 15) is 14.4 Å². The van der Waals surface area contributed by atoms with Crippen LogP contribution in [0.5, 0.6) is 5.75 Å². The van der Waals surface area contributed by atoms with Crippen molar-refractivity contribution < 1.29 is 19.1 Å². The van der Waals surface area contributed by atoms with Crippen LogP contribution in [0.25, 0.3) is 0 Å². The molecule has 25 heavy (non-hydrogen) atoms. The third-order valence-electron chi connectivity index (χ3n) is 4.42. The van der Waals surface area contributed by atoms with Gasteiger partial charge in [0.05, 0.1) is 0 Å². The molecule has 0 radical (unpaired) electrons. The third-order valence-corrected chi connectivity index (χ3v) is 4.42. The van der Waals surface area contributed by atoms with Crippen molar-refractivity contribution in [1.29, 1.82) is 0 Å². The van der Waals surface area contributed by atoms with E-state index in [-0.39, 0.29) is 24.8 Å². The van der Waals surface area contributed by atoms with Crippen LogP contribution in [0.1, 0.15) is 6.42 Å². The highest BCUT2D eigenvalue weighted by Gasteiger charge is 2.24. The lowest BCUT2D eigenvalue weighted by Crippen LogP contribution is -2.49. The summed E-state index contributed by atoms with van der Waals surface area (Å²) in [5.41, 5.74) is 0.683. The van der Waals surface area contributed by atoms with Gasteiger partial charge in [-0.05, 0) is 31.3 Å². The summed E-state index contributed by atoms with van der Waals surface area (Å²) in [7, 11) is 2.04. The summed E-state index contributed by atoms with van der Waals surface area (Å²) in [6.07, 6.45) is 0.281. The molecule has 1 N–H and O–H groups in total. The maximum absolute atomic E-state index is 12.2. The molecule has 0 aromatic heterocycles. The number of nitrogens with zero attached hydrogens (tertiary/aromatic N) is 3. The van der Waals surface area contributed by atoms with Crippen molar-refractivity contribution in [2.45, 2.75) is 6.42 Å². The zero-order valence-corrected chi connectivity index (χ0v) is 14.2. The van der Waals surface area contributed by atoms with E-state index in [1.165, 1.54) is 4.90 Å². The van der Waals surface area contributed by atoms with E-state index in [0.29, 0.717) is 18.0 Å². The average molecular weight is 346 g/mol. The van der Waals surface area contributed by atoms with Crippen LogP contribution in [-0.2, 0) is 9.59 Å². The Bertz CT molecular complexity index is 653. The van der Waals surface area contributed by atoms with Crippen molar-refractivity contribution in [3.05, 3.63) is 24.3 Å². The molecule has 2 aliphatic heterocycles. The first kappa shape index (κ1) is 17.2. The van der Waals surface area contributed by atoms with E-state index >= 15 is 0 Å². The molecule has 2 aliphatic rings. The Labute approximate surface area is 146 Å². The molecule has 0 spiro atoms. The number of hydrogen-bond acceptors (Lipinski definition) is 5. The Balaban J connectivity index is 1.52. The largest absolute Gasteiger partial charge is 0.484 e. The summed E-state index contributed by atoms with van der Waals surface area (Å²) in [5.74, 6) is 0.287. The highest BCUT2D eigenvalue weighted by molar-refractivity contribution is 6.05. The molecule has 2 fully saturated rings. The minimum atomic E-state index is -0.421. The summed E-state index contributed by atoms with van der Waals surface area (Å²) in [6, 6.07) is 6.50. The number of urea groups is 1. The quantitative estimate of drug-likeness (QED) is 0.847. The number of imide groups is 1. The average Bonchev–Trinajstić information content (AvgIpc) is 2.61. The van der Waals surface area contributed by atoms with Gasteiger partial charge >= 0.3 is 6.03 Å². The highest BCUT2D eigenvalue weighted by Crippen LogP contribution is 2.21. The minimum Gasteiger partial charge on any atom is -0.484 e. The first-order chi connectivity index (χ1) is 12.0. The van der Waals surface area contributed by atoms with Crippen LogP contribution in [0.3, 0.4) is 0 Å². The first-order valence-corrected chi connectivity index (χ1v) is 8.33. The number of amides is 4. The lowest BCUT2D eigenvalue weighted by atomic mass is 10.2. The fraction of sp³-hybridized carbons (Fsp3) is 0.471. The van der Waals surface area contributed by atoms with Gasteiger partial charge in [0.1, 0.15) is 5.75 Å². The predicted molar refractivity (Wildman–Crippen MR) is 91.5 cm³/mol. The van der Waals surface area contributed by atoms with Crippen LogP contribution in [0.4, 0.5) is 10.5 Å². The molecule has 0 aliphatic carbocycles. The number of piperazine rings is 1. The van der Waals surface area contributed by atoms with Gasteiger partial charge in [-0.25, -0.2) is 4.79 Å². The maximum atomic E-state index is 12.2. The molecule has 1 aromatic carbocycles. The van der Waals surface area contributed by atoms with E-state index in [4.69, 9.17) is 4.74 Å². The van der Waals surface area contributed by atoms with Gasteiger partial charge in [-0.2, -0.15) is 0 Å². The number of likely N-dealkylation sites (N-methyl/N-ethyl adjacent to an activating group) is 1. The number of hydrogen-bond donors (Lipinski definition) is 1. The van der Waals surface area contributed by atoms with Gasteiger partial charge in [0.15, 0.2) is 6.61 Å². The molecule has 1 aromatic rings. The topological polar surface area (TPSA) is 82.2 Å². The van der Waals surface area contributed by atoms with Crippen molar-refractivity contribution in [2.24, 2.45) is 0 Å². The zero-order valence-electron chi connectivity index (χ0n) is 14.2. The molecule has 134 valence electrons. The van der Waals surface area contributed by atoms with Crippen molar-refractivity contribution in [3.63, 3.8) is 0 Å². The van der Waals surface area contributed by atoms with Crippen LogP contribution in [0, 0.1) is 0 Å². The fourth-order valence-electron chi connectivity index (χ4n) is 2.83. The second-order valence-electron chi connectivity index (χ2n) is 6.22. The van der Waals surface area contributed by atoms with E-state index in [0.717, 1.165) is 26.2 Å².